The molecule has 1 saturated heterocycles. The Bertz CT molecular complexity index is 592. The zero-order valence-electron chi connectivity index (χ0n) is 12.4. The molecular formula is C16H21N3O. The second-order valence-corrected chi connectivity index (χ2v) is 6.05. The van der Waals surface area contributed by atoms with Crippen LogP contribution in [0.1, 0.15) is 48.2 Å². The number of hydrogen-bond acceptors (Lipinski definition) is 4. The van der Waals surface area contributed by atoms with Gasteiger partial charge >= 0.3 is 0 Å². The molecule has 1 unspecified atom stereocenters. The second kappa shape index (κ2) is 5.02. The number of aryl methyl sites for hydroxylation is 2. The molecule has 4 heteroatoms. The topological polar surface area (TPSA) is 51.0 Å². The minimum atomic E-state index is -0.145. The maximum Gasteiger partial charge on any atom is 0.246 e. The molecule has 0 bridgehead atoms. The van der Waals surface area contributed by atoms with Crippen molar-refractivity contribution < 1.29 is 4.52 Å². The van der Waals surface area contributed by atoms with E-state index in [1.807, 2.05) is 0 Å². The molecule has 1 atom stereocenters. The molecule has 1 N–H and O–H groups in total. The zero-order valence-corrected chi connectivity index (χ0v) is 12.4. The van der Waals surface area contributed by atoms with E-state index >= 15 is 0 Å². The number of aromatic nitrogens is 2. The predicted octanol–water partition coefficient (Wildman–Crippen LogP) is 2.88. The Labute approximate surface area is 119 Å². The van der Waals surface area contributed by atoms with Crippen molar-refractivity contribution in [3.05, 3.63) is 46.6 Å². The summed E-state index contributed by atoms with van der Waals surface area (Å²) in [5, 5.41) is 7.58. The van der Waals surface area contributed by atoms with Gasteiger partial charge in [0.25, 0.3) is 0 Å². The Morgan fingerprint density at radius 2 is 2.00 bits per heavy atom. The van der Waals surface area contributed by atoms with Crippen LogP contribution in [0.5, 0.6) is 0 Å². The molecular weight excluding hydrogens is 250 g/mol. The monoisotopic (exact) mass is 271 g/mol. The summed E-state index contributed by atoms with van der Waals surface area (Å²) in [6, 6.07) is 6.53. The second-order valence-electron chi connectivity index (χ2n) is 6.05. The van der Waals surface area contributed by atoms with Crippen molar-refractivity contribution >= 4 is 0 Å². The predicted molar refractivity (Wildman–Crippen MR) is 77.6 cm³/mol. The molecule has 106 valence electrons. The van der Waals surface area contributed by atoms with Crippen LogP contribution in [0, 0.1) is 13.8 Å². The van der Waals surface area contributed by atoms with Crippen LogP contribution in [-0.4, -0.2) is 16.7 Å². The quantitative estimate of drug-likeness (QED) is 0.932. The lowest BCUT2D eigenvalue weighted by atomic mass is 10.0. The summed E-state index contributed by atoms with van der Waals surface area (Å²) in [7, 11) is 0. The molecule has 1 aliphatic heterocycles. The number of hydrogen-bond donors (Lipinski definition) is 1. The maximum atomic E-state index is 5.46. The lowest BCUT2D eigenvalue weighted by Crippen LogP contribution is -2.33. The Balaban J connectivity index is 1.80. The fraction of sp³-hybridized carbons (Fsp3) is 0.500. The van der Waals surface area contributed by atoms with Gasteiger partial charge in [-0.3, -0.25) is 0 Å². The first kappa shape index (κ1) is 13.3. The molecule has 0 radical (unpaired) electrons. The van der Waals surface area contributed by atoms with E-state index in [0.717, 1.165) is 37.5 Å². The normalized spacial score (nSPS) is 22.4. The maximum absolute atomic E-state index is 5.46. The van der Waals surface area contributed by atoms with Gasteiger partial charge in [0.1, 0.15) is 0 Å². The highest BCUT2D eigenvalue weighted by Crippen LogP contribution is 2.29. The van der Waals surface area contributed by atoms with Gasteiger partial charge in [-0.2, -0.15) is 4.98 Å². The van der Waals surface area contributed by atoms with Crippen molar-refractivity contribution in [2.75, 3.05) is 6.54 Å². The molecule has 2 aromatic rings. The van der Waals surface area contributed by atoms with Crippen molar-refractivity contribution in [1.29, 1.82) is 0 Å². The van der Waals surface area contributed by atoms with Gasteiger partial charge < -0.3 is 9.84 Å². The number of nitrogens with zero attached hydrogens (tertiary/aromatic N) is 2. The first-order chi connectivity index (χ1) is 9.55. The smallest absolute Gasteiger partial charge is 0.246 e. The van der Waals surface area contributed by atoms with Gasteiger partial charge in [0.2, 0.25) is 5.89 Å². The molecule has 1 aliphatic rings. The van der Waals surface area contributed by atoms with Crippen molar-refractivity contribution in [2.24, 2.45) is 0 Å². The van der Waals surface area contributed by atoms with Crippen LogP contribution >= 0.6 is 0 Å². The summed E-state index contributed by atoms with van der Waals surface area (Å²) in [5.41, 5.74) is 3.63. The highest BCUT2D eigenvalue weighted by Gasteiger charge is 2.35. The summed E-state index contributed by atoms with van der Waals surface area (Å²) < 4.78 is 5.46. The third kappa shape index (κ3) is 2.61. The van der Waals surface area contributed by atoms with E-state index in [9.17, 15) is 0 Å². The van der Waals surface area contributed by atoms with Gasteiger partial charge in [-0.05, 0) is 45.7 Å². The molecule has 3 rings (SSSR count). The van der Waals surface area contributed by atoms with Gasteiger partial charge in [-0.1, -0.05) is 34.5 Å². The number of rotatable bonds is 3. The molecule has 0 saturated carbocycles. The van der Waals surface area contributed by atoms with E-state index in [0.29, 0.717) is 0 Å². The zero-order chi connectivity index (χ0) is 14.2. The fourth-order valence-corrected chi connectivity index (χ4v) is 2.98. The van der Waals surface area contributed by atoms with Crippen molar-refractivity contribution in [3.8, 4) is 0 Å². The van der Waals surface area contributed by atoms with E-state index < -0.39 is 0 Å². The Morgan fingerprint density at radius 1 is 1.25 bits per heavy atom. The van der Waals surface area contributed by atoms with E-state index in [2.05, 4.69) is 54.4 Å². The molecule has 2 heterocycles. The Morgan fingerprint density at radius 3 is 2.65 bits per heavy atom. The molecule has 1 aromatic heterocycles. The van der Waals surface area contributed by atoms with Gasteiger partial charge in [0.05, 0.1) is 5.54 Å². The SMILES string of the molecule is Cc1cc(C)cc(Cc2noc(C3(C)CCCN3)n2)c1. The lowest BCUT2D eigenvalue weighted by molar-refractivity contribution is 0.274. The summed E-state index contributed by atoms with van der Waals surface area (Å²) in [6.45, 7) is 7.38. The molecule has 0 spiro atoms. The van der Waals surface area contributed by atoms with Crippen LogP contribution in [0.25, 0.3) is 0 Å². The highest BCUT2D eigenvalue weighted by atomic mass is 16.5. The van der Waals surface area contributed by atoms with Crippen LogP contribution < -0.4 is 5.32 Å². The van der Waals surface area contributed by atoms with Gasteiger partial charge in [-0.15, -0.1) is 0 Å². The Hall–Kier alpha value is -1.68. The van der Waals surface area contributed by atoms with Crippen molar-refractivity contribution in [3.63, 3.8) is 0 Å². The number of nitrogens with one attached hydrogen (secondary N) is 1. The van der Waals surface area contributed by atoms with Crippen LogP contribution in [0.15, 0.2) is 22.7 Å². The average molecular weight is 271 g/mol. The van der Waals surface area contributed by atoms with Crippen LogP contribution in [0.2, 0.25) is 0 Å². The first-order valence-electron chi connectivity index (χ1n) is 7.20. The van der Waals surface area contributed by atoms with Crippen LogP contribution in [-0.2, 0) is 12.0 Å². The minimum Gasteiger partial charge on any atom is -0.337 e. The van der Waals surface area contributed by atoms with E-state index in [1.54, 1.807) is 0 Å². The molecule has 0 aliphatic carbocycles. The van der Waals surface area contributed by atoms with Gasteiger partial charge in [0, 0.05) is 6.42 Å². The minimum absolute atomic E-state index is 0.145. The molecule has 1 aromatic carbocycles. The van der Waals surface area contributed by atoms with Crippen molar-refractivity contribution in [1.82, 2.24) is 15.5 Å². The summed E-state index contributed by atoms with van der Waals surface area (Å²) in [5.74, 6) is 1.48. The summed E-state index contributed by atoms with van der Waals surface area (Å²) in [4.78, 5) is 4.58. The van der Waals surface area contributed by atoms with E-state index in [-0.39, 0.29) is 5.54 Å². The Kier molecular flexibility index (Phi) is 3.34. The summed E-state index contributed by atoms with van der Waals surface area (Å²) >= 11 is 0. The third-order valence-electron chi connectivity index (χ3n) is 3.95. The standard InChI is InChI=1S/C16H21N3O/c1-11-7-12(2)9-13(8-11)10-14-18-15(20-19-14)16(3)5-4-6-17-16/h7-9,17H,4-6,10H2,1-3H3. The van der Waals surface area contributed by atoms with Gasteiger partial charge in [-0.25, -0.2) is 0 Å². The average Bonchev–Trinajstić information content (AvgIpc) is 2.98. The third-order valence-corrected chi connectivity index (χ3v) is 3.95. The van der Waals surface area contributed by atoms with E-state index in [4.69, 9.17) is 4.52 Å². The van der Waals surface area contributed by atoms with Gasteiger partial charge in [0.15, 0.2) is 5.82 Å². The molecule has 1 fully saturated rings. The molecule has 20 heavy (non-hydrogen) atoms. The lowest BCUT2D eigenvalue weighted by Gasteiger charge is -2.18. The largest absolute Gasteiger partial charge is 0.337 e. The highest BCUT2D eigenvalue weighted by molar-refractivity contribution is 5.30. The fourth-order valence-electron chi connectivity index (χ4n) is 2.98. The van der Waals surface area contributed by atoms with Crippen LogP contribution in [0.4, 0.5) is 0 Å². The summed E-state index contributed by atoms with van der Waals surface area (Å²) in [6.07, 6.45) is 2.94. The molecule has 0 amide bonds. The van der Waals surface area contributed by atoms with Crippen LogP contribution in [0.3, 0.4) is 0 Å². The first-order valence-corrected chi connectivity index (χ1v) is 7.20. The van der Waals surface area contributed by atoms with E-state index in [1.165, 1.54) is 16.7 Å². The molecule has 4 nitrogen and oxygen atoms in total. The number of benzene rings is 1. The van der Waals surface area contributed by atoms with Crippen molar-refractivity contribution in [2.45, 2.75) is 45.6 Å².